The van der Waals surface area contributed by atoms with Crippen molar-refractivity contribution in [3.63, 3.8) is 0 Å². The van der Waals surface area contributed by atoms with Gasteiger partial charge in [-0.15, -0.1) is 0 Å². The minimum atomic E-state index is -1.26. The van der Waals surface area contributed by atoms with Crippen molar-refractivity contribution in [2.45, 2.75) is 13.0 Å². The van der Waals surface area contributed by atoms with Crippen LogP contribution in [0.25, 0.3) is 0 Å². The maximum atomic E-state index is 13.5. The predicted molar refractivity (Wildman–Crippen MR) is 63.6 cm³/mol. The summed E-state index contributed by atoms with van der Waals surface area (Å²) in [5, 5.41) is 21.8. The zero-order valence-electron chi connectivity index (χ0n) is 10.4. The number of carbonyl (C=O) groups is 1. The number of carboxylic acids is 1. The van der Waals surface area contributed by atoms with Crippen LogP contribution in [0, 0.1) is 21.7 Å². The number of carboxylic acid groups (broad SMARTS) is 1. The van der Waals surface area contributed by atoms with E-state index >= 15 is 0 Å². The van der Waals surface area contributed by atoms with Gasteiger partial charge in [-0.2, -0.15) is 4.39 Å². The SMILES string of the molecule is CCNC(COc1cc(F)c([N+](=O)[O-])cc1F)C(=O)O. The van der Waals surface area contributed by atoms with Crippen molar-refractivity contribution in [1.82, 2.24) is 5.32 Å². The number of likely N-dealkylation sites (N-methyl/N-ethyl adjacent to an activating group) is 1. The van der Waals surface area contributed by atoms with Crippen LogP contribution in [0.5, 0.6) is 5.75 Å². The van der Waals surface area contributed by atoms with Gasteiger partial charge in [0.25, 0.3) is 0 Å². The lowest BCUT2D eigenvalue weighted by atomic mass is 10.2. The highest BCUT2D eigenvalue weighted by molar-refractivity contribution is 5.73. The van der Waals surface area contributed by atoms with E-state index in [1.807, 2.05) is 0 Å². The molecule has 1 aromatic carbocycles. The lowest BCUT2D eigenvalue weighted by molar-refractivity contribution is -0.387. The molecule has 1 rings (SSSR count). The van der Waals surface area contributed by atoms with Gasteiger partial charge in [0, 0.05) is 6.07 Å². The number of nitrogens with zero attached hydrogens (tertiary/aromatic N) is 1. The number of ether oxygens (including phenoxy) is 1. The summed E-state index contributed by atoms with van der Waals surface area (Å²) in [4.78, 5) is 20.1. The van der Waals surface area contributed by atoms with Crippen molar-refractivity contribution in [3.8, 4) is 5.75 Å². The van der Waals surface area contributed by atoms with Crippen molar-refractivity contribution in [2.24, 2.45) is 0 Å². The van der Waals surface area contributed by atoms with Crippen molar-refractivity contribution < 1.29 is 28.3 Å². The summed E-state index contributed by atoms with van der Waals surface area (Å²) in [7, 11) is 0. The van der Waals surface area contributed by atoms with Crippen LogP contribution in [0.4, 0.5) is 14.5 Å². The first-order valence-electron chi connectivity index (χ1n) is 5.59. The summed E-state index contributed by atoms with van der Waals surface area (Å²) < 4.78 is 31.6. The van der Waals surface area contributed by atoms with E-state index in [0.29, 0.717) is 18.7 Å². The number of nitro benzene ring substituents is 1. The van der Waals surface area contributed by atoms with Gasteiger partial charge in [0.15, 0.2) is 11.6 Å². The maximum Gasteiger partial charge on any atom is 0.324 e. The fourth-order valence-corrected chi connectivity index (χ4v) is 1.41. The van der Waals surface area contributed by atoms with E-state index in [4.69, 9.17) is 9.84 Å². The second kappa shape index (κ2) is 6.75. The monoisotopic (exact) mass is 290 g/mol. The van der Waals surface area contributed by atoms with Crippen LogP contribution in [-0.2, 0) is 4.79 Å². The van der Waals surface area contributed by atoms with Crippen LogP contribution in [0.15, 0.2) is 12.1 Å². The molecule has 110 valence electrons. The third-order valence-corrected chi connectivity index (χ3v) is 2.35. The van der Waals surface area contributed by atoms with Gasteiger partial charge < -0.3 is 15.2 Å². The minimum Gasteiger partial charge on any atom is -0.488 e. The number of hydrogen-bond donors (Lipinski definition) is 2. The molecular weight excluding hydrogens is 278 g/mol. The quantitative estimate of drug-likeness (QED) is 0.580. The van der Waals surface area contributed by atoms with Crippen LogP contribution < -0.4 is 10.1 Å². The zero-order chi connectivity index (χ0) is 15.3. The molecule has 0 saturated heterocycles. The largest absolute Gasteiger partial charge is 0.488 e. The molecule has 20 heavy (non-hydrogen) atoms. The third kappa shape index (κ3) is 3.85. The molecule has 1 atom stereocenters. The van der Waals surface area contributed by atoms with Gasteiger partial charge in [-0.25, -0.2) is 4.39 Å². The number of benzene rings is 1. The molecule has 0 bridgehead atoms. The predicted octanol–water partition coefficient (Wildman–Crippen LogP) is 1.31. The molecule has 9 heteroatoms. The normalized spacial score (nSPS) is 11.9. The van der Waals surface area contributed by atoms with Gasteiger partial charge in [0.2, 0.25) is 5.82 Å². The van der Waals surface area contributed by atoms with Crippen LogP contribution >= 0.6 is 0 Å². The highest BCUT2D eigenvalue weighted by Crippen LogP contribution is 2.26. The Balaban J connectivity index is 2.85. The van der Waals surface area contributed by atoms with Gasteiger partial charge in [0.05, 0.1) is 11.0 Å². The minimum absolute atomic E-state index is 0.345. The molecule has 0 amide bonds. The van der Waals surface area contributed by atoms with Crippen molar-refractivity contribution >= 4 is 11.7 Å². The molecule has 0 fully saturated rings. The number of halogens is 2. The fourth-order valence-electron chi connectivity index (χ4n) is 1.41. The zero-order valence-corrected chi connectivity index (χ0v) is 10.4. The van der Waals surface area contributed by atoms with E-state index in [9.17, 15) is 23.7 Å². The number of rotatable bonds is 7. The Morgan fingerprint density at radius 1 is 1.50 bits per heavy atom. The molecule has 0 aliphatic carbocycles. The number of aliphatic carboxylic acids is 1. The molecule has 0 aliphatic rings. The average molecular weight is 290 g/mol. The van der Waals surface area contributed by atoms with E-state index < -0.39 is 46.6 Å². The second-order valence-electron chi connectivity index (χ2n) is 3.75. The standard InChI is InChI=1S/C11H12F2N2O5/c1-2-14-8(11(16)17)5-20-10-4-6(12)9(15(18)19)3-7(10)13/h3-4,8,14H,2,5H2,1H3,(H,16,17). The second-order valence-corrected chi connectivity index (χ2v) is 3.75. The van der Waals surface area contributed by atoms with Crippen LogP contribution in [-0.4, -0.2) is 35.2 Å². The average Bonchev–Trinajstić information content (AvgIpc) is 2.36. The molecular formula is C11H12F2N2O5. The van der Waals surface area contributed by atoms with Crippen molar-refractivity contribution in [2.75, 3.05) is 13.2 Å². The lowest BCUT2D eigenvalue weighted by Crippen LogP contribution is -2.41. The summed E-state index contributed by atoms with van der Waals surface area (Å²) in [6.07, 6.45) is 0. The van der Waals surface area contributed by atoms with Crippen LogP contribution in [0.3, 0.4) is 0 Å². The summed E-state index contributed by atoms with van der Waals surface area (Å²) in [6.45, 7) is 1.57. The van der Waals surface area contributed by atoms with Gasteiger partial charge in [-0.1, -0.05) is 6.92 Å². The highest BCUT2D eigenvalue weighted by Gasteiger charge is 2.22. The van der Waals surface area contributed by atoms with Crippen molar-refractivity contribution in [3.05, 3.63) is 33.9 Å². The third-order valence-electron chi connectivity index (χ3n) is 2.35. The summed E-state index contributed by atoms with van der Waals surface area (Å²) in [5.74, 6) is -4.20. The van der Waals surface area contributed by atoms with Gasteiger partial charge in [0.1, 0.15) is 12.6 Å². The highest BCUT2D eigenvalue weighted by atomic mass is 19.1. The van der Waals surface area contributed by atoms with E-state index in [1.54, 1.807) is 6.92 Å². The molecule has 0 heterocycles. The van der Waals surface area contributed by atoms with E-state index in [2.05, 4.69) is 5.32 Å². The molecule has 0 radical (unpaired) electrons. The molecule has 1 unspecified atom stereocenters. The van der Waals surface area contributed by atoms with Crippen LogP contribution in [0.1, 0.15) is 6.92 Å². The van der Waals surface area contributed by atoms with Crippen molar-refractivity contribution in [1.29, 1.82) is 0 Å². The molecule has 2 N–H and O–H groups in total. The number of nitrogens with one attached hydrogen (secondary N) is 1. The smallest absolute Gasteiger partial charge is 0.324 e. The van der Waals surface area contributed by atoms with E-state index in [0.717, 1.165) is 0 Å². The molecule has 0 spiro atoms. The Bertz CT molecular complexity index is 524. The molecule has 0 aromatic heterocycles. The summed E-state index contributed by atoms with van der Waals surface area (Å²) >= 11 is 0. The Kier molecular flexibility index (Phi) is 5.32. The van der Waals surface area contributed by atoms with Gasteiger partial charge >= 0.3 is 11.7 Å². The van der Waals surface area contributed by atoms with Gasteiger partial charge in [-0.3, -0.25) is 14.9 Å². The molecule has 0 saturated carbocycles. The first-order valence-corrected chi connectivity index (χ1v) is 5.59. The van der Waals surface area contributed by atoms with Gasteiger partial charge in [-0.05, 0) is 6.54 Å². The Hall–Kier alpha value is -2.29. The summed E-state index contributed by atoms with van der Waals surface area (Å²) in [6, 6.07) is -0.205. The number of hydrogen-bond acceptors (Lipinski definition) is 5. The first kappa shape index (κ1) is 15.8. The molecule has 1 aromatic rings. The van der Waals surface area contributed by atoms with Crippen LogP contribution in [0.2, 0.25) is 0 Å². The Labute approximate surface area is 112 Å². The molecule has 7 nitrogen and oxygen atoms in total. The summed E-state index contributed by atoms with van der Waals surface area (Å²) in [5.41, 5.74) is -1.02. The fraction of sp³-hybridized carbons (Fsp3) is 0.364. The Morgan fingerprint density at radius 2 is 2.15 bits per heavy atom. The van der Waals surface area contributed by atoms with E-state index in [1.165, 1.54) is 0 Å². The van der Waals surface area contributed by atoms with E-state index in [-0.39, 0.29) is 0 Å². The number of nitro groups is 1. The first-order chi connectivity index (χ1) is 9.36. The lowest BCUT2D eigenvalue weighted by Gasteiger charge is -2.14. The Morgan fingerprint density at radius 3 is 2.65 bits per heavy atom. The maximum absolute atomic E-state index is 13.5. The molecule has 0 aliphatic heterocycles. The topological polar surface area (TPSA) is 102 Å².